The second-order valence-electron chi connectivity index (χ2n) is 32.0. The Morgan fingerprint density at radius 1 is 0.276 bits per heavy atom. The van der Waals surface area contributed by atoms with E-state index in [1.165, 1.54) is 475 Å². The molecule has 0 aromatic carbocycles. The van der Waals surface area contributed by atoms with E-state index in [2.05, 4.69) is 19.2 Å². The average molecular weight is 1380 g/mol. The Morgan fingerprint density at radius 2 is 0.469 bits per heavy atom. The van der Waals surface area contributed by atoms with Gasteiger partial charge in [0.1, 0.15) is 0 Å². The van der Waals surface area contributed by atoms with Gasteiger partial charge in [-0.25, -0.2) is 0 Å². The van der Waals surface area contributed by atoms with Crippen LogP contribution in [0, 0.1) is 0 Å². The van der Waals surface area contributed by atoms with Crippen molar-refractivity contribution in [3.8, 4) is 0 Å². The molecule has 584 valence electrons. The first-order valence-electron chi connectivity index (χ1n) is 46.0. The van der Waals surface area contributed by atoms with E-state index >= 15 is 0 Å². The van der Waals surface area contributed by atoms with Gasteiger partial charge >= 0.3 is 5.97 Å². The molecule has 1 amide bonds. The smallest absolute Gasteiger partial charge is 0.305 e. The molecule has 6 heteroatoms. The van der Waals surface area contributed by atoms with E-state index in [1.807, 2.05) is 6.08 Å². The van der Waals surface area contributed by atoms with Gasteiger partial charge in [0.15, 0.2) is 0 Å². The number of ether oxygens (including phenoxy) is 1. The fraction of sp³-hybridized carbons (Fsp3) is 0.957. The highest BCUT2D eigenvalue weighted by Crippen LogP contribution is 2.22. The number of aliphatic hydroxyl groups excluding tert-OH is 2. The van der Waals surface area contributed by atoms with E-state index in [0.29, 0.717) is 19.4 Å². The molecular weight excluding hydrogens is 1200 g/mol. The SMILES string of the molecule is CCCCCCCCCCCCCCCCCCCCCCCC/C=C/C(O)C(CO)NC(=O)CCCCCCCCCCCCCCCCCCCCCCCCCCCCCCCCCCCCCCCCCOC(=O)CCCCCCCCCCCCCCCCCCCC. The lowest BCUT2D eigenvalue weighted by molar-refractivity contribution is -0.143. The van der Waals surface area contributed by atoms with Crippen LogP contribution in [-0.4, -0.2) is 47.4 Å². The molecule has 0 aliphatic rings. The number of hydrogen-bond acceptors (Lipinski definition) is 5. The van der Waals surface area contributed by atoms with Crippen molar-refractivity contribution in [1.29, 1.82) is 0 Å². The van der Waals surface area contributed by atoms with Crippen LogP contribution < -0.4 is 5.32 Å². The molecule has 0 bridgehead atoms. The summed E-state index contributed by atoms with van der Waals surface area (Å²) in [6.07, 6.45) is 114. The topological polar surface area (TPSA) is 95.9 Å². The van der Waals surface area contributed by atoms with Gasteiger partial charge in [-0.2, -0.15) is 0 Å². The zero-order chi connectivity index (χ0) is 70.5. The fourth-order valence-electron chi connectivity index (χ4n) is 15.1. The molecule has 3 N–H and O–H groups in total. The summed E-state index contributed by atoms with van der Waals surface area (Å²) in [7, 11) is 0. The van der Waals surface area contributed by atoms with Crippen molar-refractivity contribution in [2.24, 2.45) is 0 Å². The Bertz CT molecular complexity index is 1500. The minimum atomic E-state index is -0.841. The molecule has 0 aromatic rings. The average Bonchev–Trinajstić information content (AvgIpc) is 2.56. The molecule has 0 radical (unpaired) electrons. The Hall–Kier alpha value is -1.40. The van der Waals surface area contributed by atoms with E-state index in [9.17, 15) is 19.8 Å². The minimum Gasteiger partial charge on any atom is -0.466 e. The van der Waals surface area contributed by atoms with E-state index in [4.69, 9.17) is 4.74 Å². The largest absolute Gasteiger partial charge is 0.466 e. The zero-order valence-electron chi connectivity index (χ0n) is 67.3. The van der Waals surface area contributed by atoms with Gasteiger partial charge in [-0.05, 0) is 32.1 Å². The molecule has 6 nitrogen and oxygen atoms in total. The molecule has 0 saturated carbocycles. The maximum absolute atomic E-state index is 12.6. The number of carbonyl (C=O) groups is 2. The highest BCUT2D eigenvalue weighted by Gasteiger charge is 2.18. The van der Waals surface area contributed by atoms with Crippen molar-refractivity contribution in [2.45, 2.75) is 553 Å². The predicted molar refractivity (Wildman–Crippen MR) is 435 cm³/mol. The van der Waals surface area contributed by atoms with Crippen LogP contribution in [0.5, 0.6) is 0 Å². The van der Waals surface area contributed by atoms with Crippen LogP contribution in [0.15, 0.2) is 12.2 Å². The highest BCUT2D eigenvalue weighted by molar-refractivity contribution is 5.76. The minimum absolute atomic E-state index is 0.0299. The maximum atomic E-state index is 12.6. The van der Waals surface area contributed by atoms with E-state index in [1.54, 1.807) is 6.08 Å². The van der Waals surface area contributed by atoms with Gasteiger partial charge < -0.3 is 20.3 Å². The third-order valence-electron chi connectivity index (χ3n) is 22.1. The van der Waals surface area contributed by atoms with E-state index < -0.39 is 12.1 Å². The first-order valence-corrected chi connectivity index (χ1v) is 46.0. The van der Waals surface area contributed by atoms with Gasteiger partial charge in [0.2, 0.25) is 5.91 Å². The van der Waals surface area contributed by atoms with Gasteiger partial charge in [-0.15, -0.1) is 0 Å². The fourth-order valence-corrected chi connectivity index (χ4v) is 15.1. The number of esters is 1. The molecule has 2 atom stereocenters. The Labute approximate surface area is 616 Å². The second-order valence-corrected chi connectivity index (χ2v) is 32.0. The molecule has 0 aliphatic heterocycles. The van der Waals surface area contributed by atoms with Crippen molar-refractivity contribution in [3.05, 3.63) is 12.2 Å². The number of nitrogens with one attached hydrogen (secondary N) is 1. The third-order valence-corrected chi connectivity index (χ3v) is 22.1. The van der Waals surface area contributed by atoms with E-state index in [-0.39, 0.29) is 18.5 Å². The van der Waals surface area contributed by atoms with Crippen molar-refractivity contribution in [2.75, 3.05) is 13.2 Å². The van der Waals surface area contributed by atoms with Crippen LogP contribution in [-0.2, 0) is 14.3 Å². The van der Waals surface area contributed by atoms with Gasteiger partial charge in [-0.1, -0.05) is 508 Å². The van der Waals surface area contributed by atoms with Gasteiger partial charge in [0.05, 0.1) is 25.4 Å². The van der Waals surface area contributed by atoms with Crippen LogP contribution in [0.25, 0.3) is 0 Å². The molecular formula is C92H181NO5. The van der Waals surface area contributed by atoms with Gasteiger partial charge in [-0.3, -0.25) is 9.59 Å². The molecule has 0 fully saturated rings. The molecule has 0 rings (SSSR count). The zero-order valence-corrected chi connectivity index (χ0v) is 67.3. The number of aliphatic hydroxyl groups is 2. The summed E-state index contributed by atoms with van der Waals surface area (Å²) in [5.41, 5.74) is 0. The van der Waals surface area contributed by atoms with Gasteiger partial charge in [0.25, 0.3) is 0 Å². The number of amides is 1. The molecule has 98 heavy (non-hydrogen) atoms. The summed E-state index contributed by atoms with van der Waals surface area (Å²) in [5.74, 6) is -0.0255. The second kappa shape index (κ2) is 88.0. The third kappa shape index (κ3) is 83.5. The lowest BCUT2D eigenvalue weighted by atomic mass is 10.0. The Kier molecular flexibility index (Phi) is 86.7. The highest BCUT2D eigenvalue weighted by atomic mass is 16.5. The summed E-state index contributed by atoms with van der Waals surface area (Å²) in [5, 5.41) is 23.4. The van der Waals surface area contributed by atoms with Crippen LogP contribution in [0.1, 0.15) is 540 Å². The van der Waals surface area contributed by atoms with Crippen molar-refractivity contribution < 1.29 is 24.5 Å². The van der Waals surface area contributed by atoms with Crippen molar-refractivity contribution in [1.82, 2.24) is 5.32 Å². The van der Waals surface area contributed by atoms with Crippen molar-refractivity contribution in [3.63, 3.8) is 0 Å². The van der Waals surface area contributed by atoms with Crippen LogP contribution >= 0.6 is 0 Å². The monoisotopic (exact) mass is 1380 g/mol. The number of rotatable bonds is 88. The number of carbonyl (C=O) groups excluding carboxylic acids is 2. The predicted octanol–water partition coefficient (Wildman–Crippen LogP) is 31.0. The number of hydrogen-bond donors (Lipinski definition) is 3. The molecule has 0 saturated heterocycles. The summed E-state index contributed by atoms with van der Waals surface area (Å²) in [6, 6.07) is -0.624. The van der Waals surface area contributed by atoms with Gasteiger partial charge in [0, 0.05) is 12.8 Å². The first-order chi connectivity index (χ1) is 48.5. The van der Waals surface area contributed by atoms with Crippen LogP contribution in [0.2, 0.25) is 0 Å². The van der Waals surface area contributed by atoms with Crippen LogP contribution in [0.4, 0.5) is 0 Å². The Balaban J connectivity index is 3.30. The standard InChI is InChI=1S/C92H181NO5/c1-3-5-7-9-11-13-15-17-19-21-23-24-25-43-46-49-52-56-60-64-68-72-76-80-84-90(95)89(88-94)93-91(96)85-81-77-73-69-65-61-57-53-50-47-44-41-39-37-35-33-31-29-27-26-28-30-32-34-36-38-40-42-45-48-51-55-59-63-67-71-75-79-83-87-98-92(97)86-82-78-74-70-66-62-58-54-22-20-18-16-14-12-10-8-6-4-2/h80,84,89-90,94-95H,3-79,81-83,85-88H2,1-2H3,(H,93,96)/b84-80+. The molecule has 0 aliphatic carbocycles. The summed E-state index contributed by atoms with van der Waals surface area (Å²) in [6.45, 7) is 4.98. The lowest BCUT2D eigenvalue weighted by Gasteiger charge is -2.20. The van der Waals surface area contributed by atoms with Crippen molar-refractivity contribution >= 4 is 11.9 Å². The maximum Gasteiger partial charge on any atom is 0.305 e. The normalized spacial score (nSPS) is 12.4. The van der Waals surface area contributed by atoms with Crippen LogP contribution in [0.3, 0.4) is 0 Å². The molecule has 0 spiro atoms. The summed E-state index contributed by atoms with van der Waals surface area (Å²) < 4.78 is 5.53. The summed E-state index contributed by atoms with van der Waals surface area (Å²) >= 11 is 0. The molecule has 0 aromatic heterocycles. The van der Waals surface area contributed by atoms with E-state index in [0.717, 1.165) is 38.5 Å². The number of allylic oxidation sites excluding steroid dienone is 1. The molecule has 2 unspecified atom stereocenters. The summed E-state index contributed by atoms with van der Waals surface area (Å²) in [4.78, 5) is 24.7. The lowest BCUT2D eigenvalue weighted by Crippen LogP contribution is -2.45. The Morgan fingerprint density at radius 3 is 0.694 bits per heavy atom. The quantitative estimate of drug-likeness (QED) is 0.0320. The first kappa shape index (κ1) is 96.6. The number of unbranched alkanes of at least 4 members (excludes halogenated alkanes) is 77. The molecule has 0 heterocycles.